The normalized spacial score (nSPS) is 10.1. The Morgan fingerprint density at radius 1 is 1.05 bits per heavy atom. The minimum Gasteiger partial charge on any atom is -1.00 e. The van der Waals surface area contributed by atoms with Crippen LogP contribution in [0.25, 0.3) is 10.8 Å². The van der Waals surface area contributed by atoms with Crippen molar-refractivity contribution in [2.45, 2.75) is 26.3 Å². The van der Waals surface area contributed by atoms with E-state index in [4.69, 9.17) is 9.47 Å². The van der Waals surface area contributed by atoms with Gasteiger partial charge in [0.15, 0.2) is 23.9 Å². The summed E-state index contributed by atoms with van der Waals surface area (Å²) in [5.41, 5.74) is 0. The Hall–Kier alpha value is -1.48. The van der Waals surface area contributed by atoms with E-state index in [0.717, 1.165) is 18.0 Å². The molecule has 0 amide bonds. The van der Waals surface area contributed by atoms with Crippen molar-refractivity contribution in [3.63, 3.8) is 0 Å². The lowest BCUT2D eigenvalue weighted by molar-refractivity contribution is -0.696. The second-order valence-corrected chi connectivity index (χ2v) is 4.37. The van der Waals surface area contributed by atoms with Crippen LogP contribution in [0.15, 0.2) is 30.6 Å². The first kappa shape index (κ1) is 15.6. The van der Waals surface area contributed by atoms with Gasteiger partial charge in [-0.25, -0.2) is 4.57 Å². The Balaban J connectivity index is 0.00000180. The summed E-state index contributed by atoms with van der Waals surface area (Å²) in [5, 5.41) is 2.34. The molecule has 0 aliphatic heterocycles. The number of rotatable bonds is 5. The molecule has 2 rings (SSSR count). The highest BCUT2D eigenvalue weighted by atomic mass is 35.5. The fourth-order valence-corrected chi connectivity index (χ4v) is 2.04. The number of hydrogen-bond donors (Lipinski definition) is 0. The van der Waals surface area contributed by atoms with Gasteiger partial charge in [0.1, 0.15) is 6.54 Å². The van der Waals surface area contributed by atoms with Gasteiger partial charge in [-0.15, -0.1) is 0 Å². The average molecular weight is 282 g/mol. The molecule has 0 radical (unpaired) electrons. The number of fused-ring (bicyclic) bond motifs is 1. The number of ether oxygens (including phenoxy) is 2. The molecule has 0 N–H and O–H groups in total. The van der Waals surface area contributed by atoms with Gasteiger partial charge in [0.05, 0.1) is 14.2 Å². The van der Waals surface area contributed by atoms with Gasteiger partial charge in [0.2, 0.25) is 0 Å². The summed E-state index contributed by atoms with van der Waals surface area (Å²) in [7, 11) is 3.33. The average Bonchev–Trinajstić information content (AvgIpc) is 2.43. The maximum Gasteiger partial charge on any atom is 0.176 e. The zero-order valence-electron chi connectivity index (χ0n) is 11.6. The van der Waals surface area contributed by atoms with E-state index >= 15 is 0 Å². The minimum atomic E-state index is 0. The molecule has 0 fully saturated rings. The summed E-state index contributed by atoms with van der Waals surface area (Å²) in [4.78, 5) is 0. The molecular formula is C15H20ClNO2. The Kier molecular flexibility index (Phi) is 5.90. The molecule has 0 atom stereocenters. The number of pyridine rings is 1. The van der Waals surface area contributed by atoms with Gasteiger partial charge in [0, 0.05) is 17.9 Å². The third-order valence-electron chi connectivity index (χ3n) is 3.11. The summed E-state index contributed by atoms with van der Waals surface area (Å²) in [6.45, 7) is 3.26. The topological polar surface area (TPSA) is 22.3 Å². The van der Waals surface area contributed by atoms with Gasteiger partial charge in [0.25, 0.3) is 0 Å². The molecule has 0 unspecified atom stereocenters. The molecule has 2 aromatic rings. The first-order valence-electron chi connectivity index (χ1n) is 6.33. The lowest BCUT2D eigenvalue weighted by atomic mass is 10.1. The highest BCUT2D eigenvalue weighted by Gasteiger charge is 2.09. The van der Waals surface area contributed by atoms with E-state index in [0.29, 0.717) is 0 Å². The number of aromatic nitrogens is 1. The van der Waals surface area contributed by atoms with Crippen molar-refractivity contribution in [2.24, 2.45) is 0 Å². The lowest BCUT2D eigenvalue weighted by Crippen LogP contribution is -3.00. The molecule has 0 saturated heterocycles. The highest BCUT2D eigenvalue weighted by molar-refractivity contribution is 5.84. The van der Waals surface area contributed by atoms with Gasteiger partial charge in [-0.3, -0.25) is 0 Å². The van der Waals surface area contributed by atoms with Crippen LogP contribution >= 0.6 is 0 Å². The molecule has 0 bridgehead atoms. The molecule has 0 saturated carbocycles. The minimum absolute atomic E-state index is 0. The third kappa shape index (κ3) is 3.51. The van der Waals surface area contributed by atoms with Crippen LogP contribution in [0.3, 0.4) is 0 Å². The fraction of sp³-hybridized carbons (Fsp3) is 0.400. The molecule has 0 spiro atoms. The zero-order valence-corrected chi connectivity index (χ0v) is 12.4. The van der Waals surface area contributed by atoms with Crippen molar-refractivity contribution in [2.75, 3.05) is 14.2 Å². The standard InChI is InChI=1S/C15H20NO2.ClH/c1-4-5-7-16-8-6-12-9-14(17-2)15(18-3)10-13(12)11-16;/h6,8-11H,4-5,7H2,1-3H3;1H/q+1;/p-1. The SMILES string of the molecule is CCCC[n+]1ccc2cc(OC)c(OC)cc2c1.[Cl-]. The number of nitrogens with zero attached hydrogens (tertiary/aromatic N) is 1. The van der Waals surface area contributed by atoms with Crippen molar-refractivity contribution in [3.05, 3.63) is 30.6 Å². The lowest BCUT2D eigenvalue weighted by Gasteiger charge is -2.08. The summed E-state index contributed by atoms with van der Waals surface area (Å²) < 4.78 is 12.9. The molecular weight excluding hydrogens is 262 g/mol. The van der Waals surface area contributed by atoms with Crippen LogP contribution in [0.4, 0.5) is 0 Å². The highest BCUT2D eigenvalue weighted by Crippen LogP contribution is 2.31. The van der Waals surface area contributed by atoms with E-state index in [1.54, 1.807) is 14.2 Å². The van der Waals surface area contributed by atoms with Crippen molar-refractivity contribution >= 4 is 10.8 Å². The predicted octanol–water partition coefficient (Wildman–Crippen LogP) is -0.0514. The molecule has 1 aromatic heterocycles. The van der Waals surface area contributed by atoms with E-state index in [9.17, 15) is 0 Å². The van der Waals surface area contributed by atoms with E-state index in [1.807, 2.05) is 12.1 Å². The number of aryl methyl sites for hydroxylation is 1. The molecule has 104 valence electrons. The first-order valence-corrected chi connectivity index (χ1v) is 6.33. The number of hydrogen-bond acceptors (Lipinski definition) is 2. The zero-order chi connectivity index (χ0) is 13.0. The number of halogens is 1. The molecule has 4 heteroatoms. The maximum absolute atomic E-state index is 5.33. The number of unbranched alkanes of at least 4 members (excludes halogenated alkanes) is 1. The van der Waals surface area contributed by atoms with Crippen LogP contribution in [0.1, 0.15) is 19.8 Å². The van der Waals surface area contributed by atoms with Gasteiger partial charge in [-0.05, 0) is 17.5 Å². The van der Waals surface area contributed by atoms with Gasteiger partial charge < -0.3 is 21.9 Å². The summed E-state index contributed by atoms with van der Waals surface area (Å²) in [6.07, 6.45) is 6.68. The second kappa shape index (κ2) is 7.19. The van der Waals surface area contributed by atoms with E-state index in [2.05, 4.69) is 30.0 Å². The third-order valence-corrected chi connectivity index (χ3v) is 3.11. The van der Waals surface area contributed by atoms with Crippen molar-refractivity contribution < 1.29 is 26.4 Å². The smallest absolute Gasteiger partial charge is 0.176 e. The molecule has 1 heterocycles. The van der Waals surface area contributed by atoms with Crippen molar-refractivity contribution in [3.8, 4) is 11.5 Å². The van der Waals surface area contributed by atoms with Gasteiger partial charge >= 0.3 is 0 Å². The fourth-order valence-electron chi connectivity index (χ4n) is 2.04. The second-order valence-electron chi connectivity index (χ2n) is 4.37. The quantitative estimate of drug-likeness (QED) is 0.717. The molecule has 0 aliphatic rings. The van der Waals surface area contributed by atoms with Crippen LogP contribution in [0.5, 0.6) is 11.5 Å². The maximum atomic E-state index is 5.33. The Morgan fingerprint density at radius 2 is 1.68 bits per heavy atom. The van der Waals surface area contributed by atoms with Crippen molar-refractivity contribution in [1.29, 1.82) is 0 Å². The van der Waals surface area contributed by atoms with Gasteiger partial charge in [-0.2, -0.15) is 0 Å². The largest absolute Gasteiger partial charge is 1.00 e. The van der Waals surface area contributed by atoms with Gasteiger partial charge in [-0.1, -0.05) is 13.3 Å². The molecule has 19 heavy (non-hydrogen) atoms. The number of methoxy groups -OCH3 is 2. The first-order chi connectivity index (χ1) is 8.78. The molecule has 3 nitrogen and oxygen atoms in total. The summed E-state index contributed by atoms with van der Waals surface area (Å²) in [6, 6.07) is 6.15. The van der Waals surface area contributed by atoms with Crippen LogP contribution in [0, 0.1) is 0 Å². The van der Waals surface area contributed by atoms with E-state index in [1.165, 1.54) is 23.6 Å². The Labute approximate surface area is 120 Å². The monoisotopic (exact) mass is 281 g/mol. The molecule has 1 aromatic carbocycles. The Bertz CT molecular complexity index is 543. The molecule has 0 aliphatic carbocycles. The van der Waals surface area contributed by atoms with Crippen molar-refractivity contribution in [1.82, 2.24) is 0 Å². The van der Waals surface area contributed by atoms with Crippen LogP contribution in [0.2, 0.25) is 0 Å². The predicted molar refractivity (Wildman–Crippen MR) is 72.2 cm³/mol. The summed E-state index contributed by atoms with van der Waals surface area (Å²) >= 11 is 0. The number of benzene rings is 1. The summed E-state index contributed by atoms with van der Waals surface area (Å²) in [5.74, 6) is 1.55. The van der Waals surface area contributed by atoms with E-state index < -0.39 is 0 Å². The Morgan fingerprint density at radius 3 is 2.26 bits per heavy atom. The van der Waals surface area contributed by atoms with Crippen LogP contribution in [-0.4, -0.2) is 14.2 Å². The van der Waals surface area contributed by atoms with E-state index in [-0.39, 0.29) is 12.4 Å². The van der Waals surface area contributed by atoms with Crippen LogP contribution in [-0.2, 0) is 6.54 Å². The van der Waals surface area contributed by atoms with Crippen LogP contribution < -0.4 is 26.4 Å².